The highest BCUT2D eigenvalue weighted by Gasteiger charge is 2.18. The van der Waals surface area contributed by atoms with Gasteiger partial charge >= 0.3 is 0 Å². The van der Waals surface area contributed by atoms with Gasteiger partial charge in [-0.25, -0.2) is 12.7 Å². The van der Waals surface area contributed by atoms with E-state index in [2.05, 4.69) is 10.6 Å². The summed E-state index contributed by atoms with van der Waals surface area (Å²) in [5, 5.41) is 5.06. The number of aryl methyl sites for hydroxylation is 1. The monoisotopic (exact) mass is 435 g/mol. The molecule has 0 spiro atoms. The summed E-state index contributed by atoms with van der Waals surface area (Å²) in [6, 6.07) is 13.4. The van der Waals surface area contributed by atoms with E-state index in [-0.39, 0.29) is 22.5 Å². The molecular weight excluding hydrogens is 410 g/mol. The number of rotatable bonds is 8. The van der Waals surface area contributed by atoms with Gasteiger partial charge in [0, 0.05) is 25.5 Å². The lowest BCUT2D eigenvalue weighted by atomic mass is 10.2. The lowest BCUT2D eigenvalue weighted by Gasteiger charge is -2.14. The molecule has 0 aliphatic rings. The number of sulfonamides is 1. The van der Waals surface area contributed by atoms with Crippen LogP contribution in [-0.4, -0.2) is 49.6 Å². The minimum Gasteiger partial charge on any atom is -0.325 e. The second-order valence-electron chi connectivity index (χ2n) is 6.67. The van der Waals surface area contributed by atoms with Gasteiger partial charge in [0.1, 0.15) is 0 Å². The van der Waals surface area contributed by atoms with Crippen molar-refractivity contribution in [1.82, 2.24) is 4.31 Å². The van der Waals surface area contributed by atoms with E-state index in [0.717, 1.165) is 9.87 Å². The molecule has 2 aromatic rings. The topological polar surface area (TPSA) is 95.6 Å². The predicted molar refractivity (Wildman–Crippen MR) is 118 cm³/mol. The molecule has 2 N–H and O–H groups in total. The molecule has 0 radical (unpaired) electrons. The zero-order chi connectivity index (χ0) is 21.6. The van der Waals surface area contributed by atoms with Crippen molar-refractivity contribution < 1.29 is 18.0 Å². The molecule has 7 nitrogen and oxygen atoms in total. The number of carbonyl (C=O) groups excluding carboxylic acids is 2. The Balaban J connectivity index is 1.85. The number of nitrogens with one attached hydrogen (secondary N) is 2. The number of nitrogens with zero attached hydrogens (tertiary/aromatic N) is 1. The van der Waals surface area contributed by atoms with E-state index in [1.165, 1.54) is 50.1 Å². The van der Waals surface area contributed by atoms with Crippen molar-refractivity contribution in [2.24, 2.45) is 0 Å². The Morgan fingerprint density at radius 3 is 2.03 bits per heavy atom. The minimum absolute atomic E-state index is 0.141. The summed E-state index contributed by atoms with van der Waals surface area (Å²) >= 11 is 1.22. The van der Waals surface area contributed by atoms with Gasteiger partial charge in [0.25, 0.3) is 0 Å². The van der Waals surface area contributed by atoms with Gasteiger partial charge < -0.3 is 10.6 Å². The third-order valence-electron chi connectivity index (χ3n) is 4.07. The maximum atomic E-state index is 12.3. The van der Waals surface area contributed by atoms with Crippen LogP contribution in [0.1, 0.15) is 12.5 Å². The fraction of sp³-hybridized carbons (Fsp3) is 0.300. The van der Waals surface area contributed by atoms with Crippen LogP contribution in [0, 0.1) is 6.92 Å². The van der Waals surface area contributed by atoms with Gasteiger partial charge in [0.05, 0.1) is 15.9 Å². The SMILES string of the molecule is Cc1ccc(NC(=O)CSC(C)C(=O)Nc2ccc(S(=O)(=O)N(C)C)cc2)cc1. The number of thioether (sulfide) groups is 1. The number of hydrogen-bond acceptors (Lipinski definition) is 5. The van der Waals surface area contributed by atoms with E-state index in [1.54, 1.807) is 6.92 Å². The summed E-state index contributed by atoms with van der Waals surface area (Å²) in [4.78, 5) is 24.5. The summed E-state index contributed by atoms with van der Waals surface area (Å²) in [6.07, 6.45) is 0. The number of benzene rings is 2. The van der Waals surface area contributed by atoms with E-state index >= 15 is 0 Å². The number of hydrogen-bond donors (Lipinski definition) is 2. The van der Waals surface area contributed by atoms with E-state index in [9.17, 15) is 18.0 Å². The molecule has 0 aliphatic heterocycles. The molecule has 29 heavy (non-hydrogen) atoms. The molecule has 1 unspecified atom stereocenters. The van der Waals surface area contributed by atoms with Crippen LogP contribution in [0.3, 0.4) is 0 Å². The van der Waals surface area contributed by atoms with Gasteiger partial charge in [-0.3, -0.25) is 9.59 Å². The summed E-state index contributed by atoms with van der Waals surface area (Å²) < 4.78 is 25.3. The van der Waals surface area contributed by atoms with Crippen LogP contribution in [0.2, 0.25) is 0 Å². The first-order chi connectivity index (χ1) is 13.6. The third-order valence-corrected chi connectivity index (χ3v) is 7.04. The Morgan fingerprint density at radius 1 is 0.966 bits per heavy atom. The number of amides is 2. The summed E-state index contributed by atoms with van der Waals surface area (Å²) in [5.74, 6) is -0.305. The second-order valence-corrected chi connectivity index (χ2v) is 10.1. The maximum absolute atomic E-state index is 12.3. The standard InChI is InChI=1S/C20H25N3O4S2/c1-14-5-7-16(8-6-14)21-19(24)13-28-15(2)20(25)22-17-9-11-18(12-10-17)29(26,27)23(3)4/h5-12,15H,13H2,1-4H3,(H,21,24)(H,22,25). The van der Waals surface area contributed by atoms with Crippen molar-refractivity contribution in [2.75, 3.05) is 30.5 Å². The van der Waals surface area contributed by atoms with E-state index in [4.69, 9.17) is 0 Å². The lowest BCUT2D eigenvalue weighted by Crippen LogP contribution is -2.25. The van der Waals surface area contributed by atoms with E-state index < -0.39 is 15.3 Å². The smallest absolute Gasteiger partial charge is 0.242 e. The first kappa shape index (κ1) is 22.9. The maximum Gasteiger partial charge on any atom is 0.242 e. The molecule has 0 bridgehead atoms. The van der Waals surface area contributed by atoms with Gasteiger partial charge in [0.2, 0.25) is 21.8 Å². The molecule has 156 valence electrons. The van der Waals surface area contributed by atoms with Crippen LogP contribution in [0.25, 0.3) is 0 Å². The van der Waals surface area contributed by atoms with Crippen LogP contribution >= 0.6 is 11.8 Å². The first-order valence-corrected chi connectivity index (χ1v) is 11.4. The highest BCUT2D eigenvalue weighted by atomic mass is 32.2. The van der Waals surface area contributed by atoms with Gasteiger partial charge in [-0.2, -0.15) is 0 Å². The van der Waals surface area contributed by atoms with Crippen molar-refractivity contribution in [3.8, 4) is 0 Å². The molecule has 0 aromatic heterocycles. The van der Waals surface area contributed by atoms with Crippen LogP contribution in [0.15, 0.2) is 53.4 Å². The largest absolute Gasteiger partial charge is 0.325 e. The fourth-order valence-corrected chi connectivity index (χ4v) is 3.86. The van der Waals surface area contributed by atoms with Crippen LogP contribution in [-0.2, 0) is 19.6 Å². The number of anilines is 2. The Morgan fingerprint density at radius 2 is 1.48 bits per heavy atom. The fourth-order valence-electron chi connectivity index (χ4n) is 2.28. The van der Waals surface area contributed by atoms with Crippen molar-refractivity contribution in [3.63, 3.8) is 0 Å². The quantitative estimate of drug-likeness (QED) is 0.665. The minimum atomic E-state index is -3.51. The third kappa shape index (κ3) is 6.59. The molecule has 0 heterocycles. The van der Waals surface area contributed by atoms with Crippen LogP contribution < -0.4 is 10.6 Å². The summed E-state index contributed by atoms with van der Waals surface area (Å²) in [7, 11) is -0.598. The highest BCUT2D eigenvalue weighted by molar-refractivity contribution is 8.01. The molecular formula is C20H25N3O4S2. The van der Waals surface area contributed by atoms with Gasteiger partial charge in [-0.15, -0.1) is 11.8 Å². The molecule has 1 atom stereocenters. The average molecular weight is 436 g/mol. The van der Waals surface area contributed by atoms with Crippen molar-refractivity contribution in [3.05, 3.63) is 54.1 Å². The highest BCUT2D eigenvalue weighted by Crippen LogP contribution is 2.19. The molecule has 2 amide bonds. The molecule has 0 fully saturated rings. The molecule has 0 saturated heterocycles. The van der Waals surface area contributed by atoms with Gasteiger partial charge in [-0.1, -0.05) is 17.7 Å². The summed E-state index contributed by atoms with van der Waals surface area (Å²) in [6.45, 7) is 3.68. The number of carbonyl (C=O) groups is 2. The second kappa shape index (κ2) is 9.91. The zero-order valence-electron chi connectivity index (χ0n) is 16.8. The first-order valence-electron chi connectivity index (χ1n) is 8.91. The normalized spacial score (nSPS) is 12.4. The average Bonchev–Trinajstić information content (AvgIpc) is 2.68. The van der Waals surface area contributed by atoms with Crippen molar-refractivity contribution in [1.29, 1.82) is 0 Å². The van der Waals surface area contributed by atoms with Gasteiger partial charge in [0.15, 0.2) is 0 Å². The van der Waals surface area contributed by atoms with E-state index in [1.807, 2.05) is 31.2 Å². The summed E-state index contributed by atoms with van der Waals surface area (Å²) in [5.41, 5.74) is 2.31. The Labute approximate surface area is 175 Å². The lowest BCUT2D eigenvalue weighted by molar-refractivity contribution is -0.115. The Hall–Kier alpha value is -2.36. The molecule has 0 saturated carbocycles. The predicted octanol–water partition coefficient (Wildman–Crippen LogP) is 2.94. The molecule has 2 aromatic carbocycles. The van der Waals surface area contributed by atoms with Crippen LogP contribution in [0.4, 0.5) is 11.4 Å². The van der Waals surface area contributed by atoms with Crippen molar-refractivity contribution >= 4 is 45.0 Å². The van der Waals surface area contributed by atoms with Crippen molar-refractivity contribution in [2.45, 2.75) is 24.0 Å². The molecule has 0 aliphatic carbocycles. The Bertz CT molecular complexity index is 956. The van der Waals surface area contributed by atoms with Crippen LogP contribution in [0.5, 0.6) is 0 Å². The molecule has 2 rings (SSSR count). The molecule has 9 heteroatoms. The van der Waals surface area contributed by atoms with E-state index in [0.29, 0.717) is 11.4 Å². The van der Waals surface area contributed by atoms with Gasteiger partial charge in [-0.05, 0) is 50.2 Å². The zero-order valence-corrected chi connectivity index (χ0v) is 18.4. The Kier molecular flexibility index (Phi) is 7.83.